The van der Waals surface area contributed by atoms with Crippen molar-refractivity contribution in [2.45, 2.75) is 0 Å². The number of aromatic amines is 2. The van der Waals surface area contributed by atoms with Gasteiger partial charge in [-0.3, -0.25) is 35.6 Å². The van der Waals surface area contributed by atoms with Gasteiger partial charge in [-0.2, -0.15) is 33.7 Å². The Morgan fingerprint density at radius 1 is 0.319 bits per heavy atom. The molecule has 24 heteroatoms. The zero-order valence-electron chi connectivity index (χ0n) is 38.3. The van der Waals surface area contributed by atoms with E-state index in [0.717, 1.165) is 28.4 Å². The largest absolute Gasteiger partial charge is 0.359 e. The molecule has 0 saturated carbocycles. The summed E-state index contributed by atoms with van der Waals surface area (Å²) < 4.78 is 126. The van der Waals surface area contributed by atoms with Gasteiger partial charge < -0.3 is 9.97 Å². The maximum atomic E-state index is 12.3. The monoisotopic (exact) mass is 1050 g/mol. The fourth-order valence-electron chi connectivity index (χ4n) is 7.98. The molecule has 0 aliphatic carbocycles. The predicted octanol–water partition coefficient (Wildman–Crippen LogP) is 8.54. The minimum Gasteiger partial charge on any atom is -0.354 e. The first-order valence-electron chi connectivity index (χ1n) is 21.3. The van der Waals surface area contributed by atoms with Gasteiger partial charge in [-0.05, 0) is 119 Å². The van der Waals surface area contributed by atoms with Gasteiger partial charge in [0.2, 0.25) is 0 Å². The van der Waals surface area contributed by atoms with E-state index in [1.54, 1.807) is 97.1 Å². The standard InChI is InChI=1S/C48H42N8O12S4/c1-65-69(57,58)53-33-13-5-29(6-14-33)45-37-21-23-39(49-37)46(30-7-15-34(16-8-30)54-70(59,60)66-2)41-25-27-43(51-41)48(32-11-19-36(20-12-32)56-72(63,64)68-4)44-28-26-42(52-44)47(40-24-22-38(45)50-40)31-9-17-35(18-10-31)55-71(61,62)67-3/h5-28,49,52-56H,1-4H3. The molecule has 0 spiro atoms. The smallest absolute Gasteiger partial charge is 0.354 e. The first-order chi connectivity index (χ1) is 34.4. The van der Waals surface area contributed by atoms with E-state index < -0.39 is 41.2 Å². The lowest BCUT2D eigenvalue weighted by Crippen LogP contribution is -2.13. The lowest BCUT2D eigenvalue weighted by molar-refractivity contribution is 0.401. The van der Waals surface area contributed by atoms with Gasteiger partial charge in [0, 0.05) is 44.3 Å². The molecule has 3 aromatic heterocycles. The Bertz CT molecular complexity index is 3450. The molecule has 9 rings (SSSR count). The number of H-pyrrole nitrogens is 2. The average Bonchev–Trinajstić information content (AvgIpc) is 4.22. The second kappa shape index (κ2) is 19.5. The third-order valence-corrected chi connectivity index (χ3v) is 15.0. The van der Waals surface area contributed by atoms with Crippen molar-refractivity contribution in [1.82, 2.24) is 19.9 Å². The zero-order valence-corrected chi connectivity index (χ0v) is 41.5. The Labute approximate surface area is 414 Å². The summed E-state index contributed by atoms with van der Waals surface area (Å²) in [5.41, 5.74) is 10.6. The molecule has 0 amide bonds. The molecule has 0 saturated heterocycles. The Hall–Kier alpha value is -7.68. The summed E-state index contributed by atoms with van der Waals surface area (Å²) in [6.07, 6.45) is 7.40. The minimum absolute atomic E-state index is 0.250. The number of hydrogen-bond acceptors (Lipinski definition) is 14. The van der Waals surface area contributed by atoms with Crippen molar-refractivity contribution in [3.8, 4) is 44.5 Å². The molecule has 20 nitrogen and oxygen atoms in total. The van der Waals surface area contributed by atoms with Crippen LogP contribution in [-0.2, 0) is 57.9 Å². The van der Waals surface area contributed by atoms with E-state index in [0.29, 0.717) is 89.4 Å². The number of nitrogens with one attached hydrogen (secondary N) is 6. The van der Waals surface area contributed by atoms with Gasteiger partial charge >= 0.3 is 41.2 Å². The summed E-state index contributed by atoms with van der Waals surface area (Å²) in [7, 11) is -12.1. The number of aromatic nitrogens is 4. The second-order valence-electron chi connectivity index (χ2n) is 15.7. The SMILES string of the molecule is COS(=O)(=O)Nc1ccc(-c2c3nc(c(-c4ccc(NS(=O)(=O)OC)cc4)c4ccc([nH]4)c(-c4ccc(NS(=O)(=O)OC)cc4)c4nc(c(-c5ccc(NS(=O)(=O)OC)cc5)c5ccc2[nH]5)C=C4)C=C3)cc1. The van der Waals surface area contributed by atoms with Crippen LogP contribution in [0.3, 0.4) is 0 Å². The number of nitrogens with zero attached hydrogens (tertiary/aromatic N) is 2. The van der Waals surface area contributed by atoms with Crippen LogP contribution in [0.4, 0.5) is 22.7 Å². The molecule has 2 aliphatic rings. The van der Waals surface area contributed by atoms with Crippen molar-refractivity contribution >= 4 is 110 Å². The number of anilines is 4. The quantitative estimate of drug-likeness (QED) is 0.0529. The van der Waals surface area contributed by atoms with Crippen LogP contribution in [0.15, 0.2) is 121 Å². The Morgan fingerprint density at radius 3 is 0.694 bits per heavy atom. The van der Waals surface area contributed by atoms with E-state index in [1.165, 1.54) is 0 Å². The Morgan fingerprint density at radius 2 is 0.514 bits per heavy atom. The van der Waals surface area contributed by atoms with Gasteiger partial charge in [0.15, 0.2) is 0 Å². The van der Waals surface area contributed by atoms with Crippen LogP contribution < -0.4 is 18.9 Å². The van der Waals surface area contributed by atoms with Gasteiger partial charge in [-0.1, -0.05) is 48.5 Å². The number of hydrogen-bond donors (Lipinski definition) is 6. The summed E-state index contributed by atoms with van der Waals surface area (Å²) in [6, 6.07) is 34.2. The topological polar surface area (TPSA) is 279 Å². The summed E-state index contributed by atoms with van der Waals surface area (Å²) in [5.74, 6) is 0. The summed E-state index contributed by atoms with van der Waals surface area (Å²) in [5, 5.41) is 0. The molecular weight excluding hydrogens is 1010 g/mol. The van der Waals surface area contributed by atoms with Gasteiger partial charge in [0.1, 0.15) is 0 Å². The molecule has 0 radical (unpaired) electrons. The third kappa shape index (κ3) is 10.7. The highest BCUT2D eigenvalue weighted by Gasteiger charge is 2.21. The molecule has 0 fully saturated rings. The van der Waals surface area contributed by atoms with Crippen LogP contribution in [0.1, 0.15) is 22.8 Å². The molecule has 4 aromatic carbocycles. The number of fused-ring (bicyclic) bond motifs is 8. The molecule has 2 aliphatic heterocycles. The van der Waals surface area contributed by atoms with Crippen molar-refractivity contribution in [2.24, 2.45) is 0 Å². The molecule has 0 atom stereocenters. The first kappa shape index (κ1) is 49.3. The van der Waals surface area contributed by atoms with Crippen molar-refractivity contribution < 1.29 is 50.4 Å². The molecular formula is C48H42N8O12S4. The Balaban J connectivity index is 1.36. The van der Waals surface area contributed by atoms with Gasteiger partial charge in [0.05, 0.1) is 74.0 Å². The van der Waals surface area contributed by atoms with Gasteiger partial charge in [0.25, 0.3) is 0 Å². The highest BCUT2D eigenvalue weighted by Crippen LogP contribution is 2.39. The molecule has 370 valence electrons. The van der Waals surface area contributed by atoms with Gasteiger partial charge in [-0.15, -0.1) is 0 Å². The van der Waals surface area contributed by atoms with Crippen LogP contribution in [-0.4, -0.2) is 82.0 Å². The zero-order chi connectivity index (χ0) is 51.0. The van der Waals surface area contributed by atoms with E-state index in [9.17, 15) is 33.7 Å². The molecule has 5 heterocycles. The lowest BCUT2D eigenvalue weighted by atomic mass is 10.0. The van der Waals surface area contributed by atoms with Crippen LogP contribution in [0, 0.1) is 0 Å². The van der Waals surface area contributed by atoms with Gasteiger partial charge in [-0.25, -0.2) is 9.97 Å². The lowest BCUT2D eigenvalue weighted by Gasteiger charge is -2.10. The van der Waals surface area contributed by atoms with Crippen molar-refractivity contribution in [3.63, 3.8) is 0 Å². The third-order valence-electron chi connectivity index (χ3n) is 11.3. The number of rotatable bonds is 16. The number of benzene rings is 4. The molecule has 6 N–H and O–H groups in total. The normalized spacial score (nSPS) is 12.7. The minimum atomic E-state index is -4.07. The van der Waals surface area contributed by atoms with E-state index in [2.05, 4.69) is 45.6 Å². The van der Waals surface area contributed by atoms with Crippen LogP contribution >= 0.6 is 0 Å². The van der Waals surface area contributed by atoms with E-state index in [4.69, 9.17) is 9.97 Å². The van der Waals surface area contributed by atoms with Crippen molar-refractivity contribution in [3.05, 3.63) is 144 Å². The molecule has 72 heavy (non-hydrogen) atoms. The van der Waals surface area contributed by atoms with Crippen LogP contribution in [0.5, 0.6) is 0 Å². The maximum Gasteiger partial charge on any atom is 0.359 e. The average molecular weight is 1050 g/mol. The highest BCUT2D eigenvalue weighted by molar-refractivity contribution is 7.88. The summed E-state index contributed by atoms with van der Waals surface area (Å²) >= 11 is 0. The molecule has 8 bridgehead atoms. The molecule has 7 aromatic rings. The van der Waals surface area contributed by atoms with Crippen LogP contribution in [0.2, 0.25) is 0 Å². The van der Waals surface area contributed by atoms with E-state index in [1.807, 2.05) is 48.6 Å². The summed E-state index contributed by atoms with van der Waals surface area (Å²) in [4.78, 5) is 17.7. The maximum absolute atomic E-state index is 12.3. The summed E-state index contributed by atoms with van der Waals surface area (Å²) in [6.45, 7) is 0. The second-order valence-corrected chi connectivity index (χ2v) is 21.5. The molecule has 0 unspecified atom stereocenters. The van der Waals surface area contributed by atoms with E-state index >= 15 is 0 Å². The first-order valence-corrected chi connectivity index (χ1v) is 26.9. The van der Waals surface area contributed by atoms with Crippen molar-refractivity contribution in [1.29, 1.82) is 0 Å². The van der Waals surface area contributed by atoms with Crippen LogP contribution in [0.25, 0.3) is 90.9 Å². The fraction of sp³-hybridized carbons (Fsp3) is 0.0833. The Kier molecular flexibility index (Phi) is 13.3. The van der Waals surface area contributed by atoms with Crippen molar-refractivity contribution in [2.75, 3.05) is 47.3 Å². The highest BCUT2D eigenvalue weighted by atomic mass is 32.2. The fourth-order valence-corrected chi connectivity index (χ4v) is 10.0. The van der Waals surface area contributed by atoms with E-state index in [-0.39, 0.29) is 22.7 Å². The predicted molar refractivity (Wildman–Crippen MR) is 279 cm³/mol.